The second-order valence-corrected chi connectivity index (χ2v) is 6.34. The van der Waals surface area contributed by atoms with Crippen LogP contribution in [0.2, 0.25) is 0 Å². The summed E-state index contributed by atoms with van der Waals surface area (Å²) in [6, 6.07) is 0. The lowest BCUT2D eigenvalue weighted by atomic mass is 9.97. The molecular formula is C14H24N4O3. The fourth-order valence-corrected chi connectivity index (χ4v) is 2.18. The zero-order valence-electron chi connectivity index (χ0n) is 13.3. The Morgan fingerprint density at radius 1 is 1.24 bits per heavy atom. The highest BCUT2D eigenvalue weighted by atomic mass is 16.5. The van der Waals surface area contributed by atoms with Gasteiger partial charge in [-0.05, 0) is 0 Å². The SMILES string of the molecule is COCC(=O)N1CCN(Cc2nnc(C(C)(C)C)o2)CC1. The third kappa shape index (κ3) is 4.25. The number of aromatic nitrogens is 2. The van der Waals surface area contributed by atoms with Crippen molar-refractivity contribution in [3.8, 4) is 0 Å². The minimum Gasteiger partial charge on any atom is -0.423 e. The van der Waals surface area contributed by atoms with Crippen molar-refractivity contribution in [1.29, 1.82) is 0 Å². The molecular weight excluding hydrogens is 272 g/mol. The van der Waals surface area contributed by atoms with Gasteiger partial charge < -0.3 is 14.1 Å². The Morgan fingerprint density at radius 3 is 2.43 bits per heavy atom. The van der Waals surface area contributed by atoms with Crippen molar-refractivity contribution in [2.24, 2.45) is 0 Å². The van der Waals surface area contributed by atoms with E-state index in [0.717, 1.165) is 13.1 Å². The number of amides is 1. The molecule has 7 heteroatoms. The summed E-state index contributed by atoms with van der Waals surface area (Å²) >= 11 is 0. The van der Waals surface area contributed by atoms with Gasteiger partial charge in [0, 0.05) is 38.7 Å². The predicted molar refractivity (Wildman–Crippen MR) is 76.7 cm³/mol. The summed E-state index contributed by atoms with van der Waals surface area (Å²) in [7, 11) is 1.54. The van der Waals surface area contributed by atoms with E-state index in [0.29, 0.717) is 31.4 Å². The van der Waals surface area contributed by atoms with Gasteiger partial charge in [0.1, 0.15) is 6.61 Å². The van der Waals surface area contributed by atoms with E-state index in [1.54, 1.807) is 0 Å². The Hall–Kier alpha value is -1.47. The number of nitrogens with zero attached hydrogens (tertiary/aromatic N) is 4. The molecule has 118 valence electrons. The molecule has 1 aliphatic rings. The van der Waals surface area contributed by atoms with E-state index in [-0.39, 0.29) is 17.9 Å². The van der Waals surface area contributed by atoms with Gasteiger partial charge in [-0.3, -0.25) is 9.69 Å². The first kappa shape index (κ1) is 15.9. The fourth-order valence-electron chi connectivity index (χ4n) is 2.18. The van der Waals surface area contributed by atoms with Gasteiger partial charge in [0.25, 0.3) is 0 Å². The van der Waals surface area contributed by atoms with E-state index >= 15 is 0 Å². The Morgan fingerprint density at radius 2 is 1.90 bits per heavy atom. The summed E-state index contributed by atoms with van der Waals surface area (Å²) in [5.41, 5.74) is -0.128. The predicted octanol–water partition coefficient (Wildman–Crippen LogP) is 0.658. The van der Waals surface area contributed by atoms with Crippen molar-refractivity contribution in [2.75, 3.05) is 39.9 Å². The summed E-state index contributed by atoms with van der Waals surface area (Å²) in [6.45, 7) is 9.96. The first-order valence-electron chi connectivity index (χ1n) is 7.22. The zero-order chi connectivity index (χ0) is 15.5. The van der Waals surface area contributed by atoms with E-state index in [1.807, 2.05) is 25.7 Å². The lowest BCUT2D eigenvalue weighted by Crippen LogP contribution is -2.49. The van der Waals surface area contributed by atoms with Gasteiger partial charge in [-0.2, -0.15) is 0 Å². The van der Waals surface area contributed by atoms with Crippen LogP contribution in [0.25, 0.3) is 0 Å². The highest BCUT2D eigenvalue weighted by Crippen LogP contribution is 2.20. The molecule has 1 fully saturated rings. The molecule has 0 saturated carbocycles. The monoisotopic (exact) mass is 296 g/mol. The number of hydrogen-bond acceptors (Lipinski definition) is 6. The van der Waals surface area contributed by atoms with E-state index in [2.05, 4.69) is 15.1 Å². The first-order chi connectivity index (χ1) is 9.90. The molecule has 0 unspecified atom stereocenters. The molecule has 0 radical (unpaired) electrons. The van der Waals surface area contributed by atoms with Crippen molar-refractivity contribution in [1.82, 2.24) is 20.0 Å². The number of carbonyl (C=O) groups is 1. The maximum Gasteiger partial charge on any atom is 0.248 e. The fraction of sp³-hybridized carbons (Fsp3) is 0.786. The number of piperazine rings is 1. The minimum absolute atomic E-state index is 0.0463. The largest absolute Gasteiger partial charge is 0.423 e. The molecule has 1 saturated heterocycles. The third-order valence-corrected chi connectivity index (χ3v) is 3.46. The average molecular weight is 296 g/mol. The first-order valence-corrected chi connectivity index (χ1v) is 7.22. The van der Waals surface area contributed by atoms with E-state index in [1.165, 1.54) is 7.11 Å². The van der Waals surface area contributed by atoms with Crippen LogP contribution in [0.3, 0.4) is 0 Å². The van der Waals surface area contributed by atoms with Crippen LogP contribution in [0.15, 0.2) is 4.42 Å². The molecule has 1 amide bonds. The average Bonchev–Trinajstić information content (AvgIpc) is 2.88. The van der Waals surface area contributed by atoms with Gasteiger partial charge in [0.15, 0.2) is 0 Å². The second-order valence-electron chi connectivity index (χ2n) is 6.34. The lowest BCUT2D eigenvalue weighted by Gasteiger charge is -2.33. The van der Waals surface area contributed by atoms with Crippen molar-refractivity contribution < 1.29 is 13.9 Å². The Balaban J connectivity index is 1.83. The van der Waals surface area contributed by atoms with E-state index in [9.17, 15) is 4.79 Å². The van der Waals surface area contributed by atoms with Crippen LogP contribution in [0.5, 0.6) is 0 Å². The topological polar surface area (TPSA) is 71.7 Å². The van der Waals surface area contributed by atoms with Crippen molar-refractivity contribution >= 4 is 5.91 Å². The normalized spacial score (nSPS) is 17.2. The molecule has 1 aromatic rings. The van der Waals surface area contributed by atoms with E-state index < -0.39 is 0 Å². The molecule has 0 aromatic carbocycles. The summed E-state index contributed by atoms with van der Waals surface area (Å²) in [5.74, 6) is 1.34. The van der Waals surface area contributed by atoms with Crippen LogP contribution in [0.4, 0.5) is 0 Å². The van der Waals surface area contributed by atoms with Crippen LogP contribution in [-0.4, -0.2) is 65.8 Å². The van der Waals surface area contributed by atoms with Gasteiger partial charge in [0.05, 0.1) is 6.54 Å². The molecule has 0 spiro atoms. The summed E-state index contributed by atoms with van der Waals surface area (Å²) in [6.07, 6.45) is 0. The molecule has 0 bridgehead atoms. The minimum atomic E-state index is -0.128. The third-order valence-electron chi connectivity index (χ3n) is 3.46. The lowest BCUT2D eigenvalue weighted by molar-refractivity contribution is -0.137. The number of methoxy groups -OCH3 is 1. The highest BCUT2D eigenvalue weighted by Gasteiger charge is 2.24. The van der Waals surface area contributed by atoms with Gasteiger partial charge in [0.2, 0.25) is 17.7 Å². The molecule has 1 aromatic heterocycles. The van der Waals surface area contributed by atoms with Crippen LogP contribution in [-0.2, 0) is 21.5 Å². The van der Waals surface area contributed by atoms with Crippen molar-refractivity contribution in [3.05, 3.63) is 11.8 Å². The molecule has 2 heterocycles. The van der Waals surface area contributed by atoms with Crippen LogP contribution < -0.4 is 0 Å². The molecule has 0 atom stereocenters. The Labute approximate surface area is 125 Å². The smallest absolute Gasteiger partial charge is 0.248 e. The van der Waals surface area contributed by atoms with Gasteiger partial charge in [-0.1, -0.05) is 20.8 Å². The summed E-state index contributed by atoms with van der Waals surface area (Å²) < 4.78 is 10.6. The maximum absolute atomic E-state index is 11.7. The van der Waals surface area contributed by atoms with Crippen LogP contribution >= 0.6 is 0 Å². The van der Waals surface area contributed by atoms with Crippen LogP contribution in [0, 0.1) is 0 Å². The molecule has 21 heavy (non-hydrogen) atoms. The number of rotatable bonds is 4. The van der Waals surface area contributed by atoms with E-state index in [4.69, 9.17) is 9.15 Å². The van der Waals surface area contributed by atoms with Crippen LogP contribution in [0.1, 0.15) is 32.6 Å². The standard InChI is InChI=1S/C14H24N4O3/c1-14(2,3)13-16-15-11(21-13)9-17-5-7-18(8-6-17)12(19)10-20-4/h5-10H2,1-4H3. The summed E-state index contributed by atoms with van der Waals surface area (Å²) in [5, 5.41) is 8.20. The van der Waals surface area contributed by atoms with Crippen molar-refractivity contribution in [2.45, 2.75) is 32.7 Å². The van der Waals surface area contributed by atoms with Gasteiger partial charge in [-0.25, -0.2) is 0 Å². The highest BCUT2D eigenvalue weighted by molar-refractivity contribution is 5.77. The zero-order valence-corrected chi connectivity index (χ0v) is 13.3. The molecule has 7 nitrogen and oxygen atoms in total. The summed E-state index contributed by atoms with van der Waals surface area (Å²) in [4.78, 5) is 15.8. The molecule has 2 rings (SSSR count). The van der Waals surface area contributed by atoms with Crippen molar-refractivity contribution in [3.63, 3.8) is 0 Å². The second kappa shape index (κ2) is 6.53. The molecule has 0 aliphatic carbocycles. The Kier molecular flexibility index (Phi) is 4.95. The molecule has 0 N–H and O–H groups in total. The van der Waals surface area contributed by atoms with Gasteiger partial charge >= 0.3 is 0 Å². The molecule has 1 aliphatic heterocycles. The quantitative estimate of drug-likeness (QED) is 0.813. The maximum atomic E-state index is 11.7. The Bertz CT molecular complexity index is 473. The number of ether oxygens (including phenoxy) is 1. The number of hydrogen-bond donors (Lipinski definition) is 0. The number of carbonyl (C=O) groups excluding carboxylic acids is 1. The van der Waals surface area contributed by atoms with Gasteiger partial charge in [-0.15, -0.1) is 10.2 Å².